The summed E-state index contributed by atoms with van der Waals surface area (Å²) in [5, 5.41) is 0. The Balaban J connectivity index is 0.000000847. The van der Waals surface area contributed by atoms with Crippen molar-refractivity contribution in [2.75, 3.05) is 18.0 Å². The monoisotopic (exact) mass is 296 g/mol. The molecule has 1 aliphatic rings. The molecule has 0 N–H and O–H groups in total. The lowest BCUT2D eigenvalue weighted by molar-refractivity contribution is 0.668. The predicted molar refractivity (Wildman–Crippen MR) is 96.6 cm³/mol. The van der Waals surface area contributed by atoms with E-state index in [-0.39, 0.29) is 0 Å². The maximum Gasteiger partial charge on any atom is 0.0665 e. The maximum absolute atomic E-state index is 4.79. The summed E-state index contributed by atoms with van der Waals surface area (Å²) in [7, 11) is 0. The SMILES string of the molecule is CC.CCCN1CCCc2nc(C)cc(-c3ccccc3)c21. The van der Waals surface area contributed by atoms with Crippen molar-refractivity contribution in [3.63, 3.8) is 0 Å². The molecular formula is C20H28N2. The van der Waals surface area contributed by atoms with Gasteiger partial charge in [0.2, 0.25) is 0 Å². The van der Waals surface area contributed by atoms with E-state index in [1.54, 1.807) is 0 Å². The van der Waals surface area contributed by atoms with Gasteiger partial charge in [-0.2, -0.15) is 0 Å². The second-order valence-corrected chi connectivity index (χ2v) is 5.56. The van der Waals surface area contributed by atoms with E-state index in [0.717, 1.165) is 25.2 Å². The highest BCUT2D eigenvalue weighted by Crippen LogP contribution is 2.37. The molecule has 118 valence electrons. The molecule has 3 rings (SSSR count). The molecule has 22 heavy (non-hydrogen) atoms. The average molecular weight is 296 g/mol. The van der Waals surface area contributed by atoms with Gasteiger partial charge in [-0.25, -0.2) is 0 Å². The lowest BCUT2D eigenvalue weighted by Crippen LogP contribution is -2.31. The fourth-order valence-corrected chi connectivity index (χ4v) is 3.14. The van der Waals surface area contributed by atoms with Crippen molar-refractivity contribution in [3.8, 4) is 11.1 Å². The molecular weight excluding hydrogens is 268 g/mol. The molecule has 2 aromatic rings. The summed E-state index contributed by atoms with van der Waals surface area (Å²) in [5.41, 5.74) is 6.43. The van der Waals surface area contributed by atoms with Gasteiger partial charge >= 0.3 is 0 Å². The van der Waals surface area contributed by atoms with Gasteiger partial charge in [0, 0.05) is 24.3 Å². The van der Waals surface area contributed by atoms with Crippen LogP contribution in [-0.2, 0) is 6.42 Å². The third-order valence-electron chi connectivity index (χ3n) is 3.93. The highest BCUT2D eigenvalue weighted by molar-refractivity contribution is 5.81. The Morgan fingerprint density at radius 3 is 2.55 bits per heavy atom. The van der Waals surface area contributed by atoms with Crippen molar-refractivity contribution in [3.05, 3.63) is 47.8 Å². The first-order chi connectivity index (χ1) is 10.8. The Bertz CT molecular complexity index is 590. The summed E-state index contributed by atoms with van der Waals surface area (Å²) in [6.07, 6.45) is 3.51. The van der Waals surface area contributed by atoms with Gasteiger partial charge < -0.3 is 4.90 Å². The highest BCUT2D eigenvalue weighted by Gasteiger charge is 2.22. The maximum atomic E-state index is 4.79. The summed E-state index contributed by atoms with van der Waals surface area (Å²) in [4.78, 5) is 7.31. The molecule has 1 aliphatic heterocycles. The lowest BCUT2D eigenvalue weighted by Gasteiger charge is -2.33. The van der Waals surface area contributed by atoms with E-state index in [4.69, 9.17) is 4.98 Å². The van der Waals surface area contributed by atoms with E-state index in [0.29, 0.717) is 0 Å². The minimum atomic E-state index is 1.11. The zero-order valence-corrected chi connectivity index (χ0v) is 14.4. The van der Waals surface area contributed by atoms with Crippen LogP contribution in [0.1, 0.15) is 45.0 Å². The fourth-order valence-electron chi connectivity index (χ4n) is 3.14. The van der Waals surface area contributed by atoms with Crippen molar-refractivity contribution in [2.24, 2.45) is 0 Å². The first kappa shape index (κ1) is 16.5. The minimum Gasteiger partial charge on any atom is -0.370 e. The number of aromatic nitrogens is 1. The van der Waals surface area contributed by atoms with Crippen LogP contribution in [0, 0.1) is 6.92 Å². The predicted octanol–water partition coefficient (Wildman–Crippen LogP) is 5.25. The van der Waals surface area contributed by atoms with Gasteiger partial charge in [0.15, 0.2) is 0 Å². The van der Waals surface area contributed by atoms with Crippen molar-refractivity contribution < 1.29 is 0 Å². The second kappa shape index (κ2) is 7.98. The third kappa shape index (κ3) is 3.49. The smallest absolute Gasteiger partial charge is 0.0665 e. The van der Waals surface area contributed by atoms with Gasteiger partial charge in [0.05, 0.1) is 11.4 Å². The summed E-state index contributed by atoms with van der Waals surface area (Å²) in [6, 6.07) is 13.0. The van der Waals surface area contributed by atoms with Gasteiger partial charge in [-0.1, -0.05) is 51.1 Å². The van der Waals surface area contributed by atoms with E-state index >= 15 is 0 Å². The van der Waals surface area contributed by atoms with E-state index in [1.165, 1.54) is 35.3 Å². The summed E-state index contributed by atoms with van der Waals surface area (Å²) >= 11 is 0. The fraction of sp³-hybridized carbons (Fsp3) is 0.450. The van der Waals surface area contributed by atoms with Crippen LogP contribution in [0.5, 0.6) is 0 Å². The molecule has 0 fully saturated rings. The Labute approximate surface area is 135 Å². The molecule has 0 unspecified atom stereocenters. The Kier molecular flexibility index (Phi) is 6.00. The van der Waals surface area contributed by atoms with Crippen LogP contribution in [0.4, 0.5) is 5.69 Å². The zero-order valence-electron chi connectivity index (χ0n) is 14.4. The summed E-state index contributed by atoms with van der Waals surface area (Å²) in [5.74, 6) is 0. The number of hydrogen-bond acceptors (Lipinski definition) is 2. The highest BCUT2D eigenvalue weighted by atomic mass is 15.1. The molecule has 2 heteroatoms. The minimum absolute atomic E-state index is 1.11. The number of nitrogens with zero attached hydrogens (tertiary/aromatic N) is 2. The van der Waals surface area contributed by atoms with Crippen LogP contribution in [0.3, 0.4) is 0 Å². The standard InChI is InChI=1S/C18H22N2.C2H6/c1-3-11-20-12-7-10-17-18(20)16(13-14(2)19-17)15-8-5-4-6-9-15;1-2/h4-6,8-9,13H,3,7,10-12H2,1-2H3;1-2H3. The average Bonchev–Trinajstić information content (AvgIpc) is 2.57. The molecule has 0 atom stereocenters. The zero-order chi connectivity index (χ0) is 15.9. The molecule has 0 bridgehead atoms. The summed E-state index contributed by atoms with van der Waals surface area (Å²) in [6.45, 7) is 10.6. The van der Waals surface area contributed by atoms with E-state index < -0.39 is 0 Å². The molecule has 0 saturated carbocycles. The molecule has 2 nitrogen and oxygen atoms in total. The van der Waals surface area contributed by atoms with Gasteiger partial charge in [-0.05, 0) is 37.8 Å². The van der Waals surface area contributed by atoms with Crippen molar-refractivity contribution in [1.29, 1.82) is 0 Å². The molecule has 2 heterocycles. The first-order valence-electron chi connectivity index (χ1n) is 8.60. The van der Waals surface area contributed by atoms with Crippen LogP contribution in [0.25, 0.3) is 11.1 Å². The van der Waals surface area contributed by atoms with Crippen LogP contribution < -0.4 is 4.90 Å². The molecule has 0 aliphatic carbocycles. The van der Waals surface area contributed by atoms with Gasteiger partial charge in [-0.3, -0.25) is 4.98 Å². The third-order valence-corrected chi connectivity index (χ3v) is 3.93. The molecule has 0 saturated heterocycles. The van der Waals surface area contributed by atoms with Crippen LogP contribution >= 0.6 is 0 Å². The van der Waals surface area contributed by atoms with Gasteiger partial charge in [-0.15, -0.1) is 0 Å². The topological polar surface area (TPSA) is 16.1 Å². The number of pyridine rings is 1. The van der Waals surface area contributed by atoms with Crippen LogP contribution in [0.2, 0.25) is 0 Å². The number of hydrogen-bond donors (Lipinski definition) is 0. The van der Waals surface area contributed by atoms with Crippen LogP contribution in [0.15, 0.2) is 36.4 Å². The quantitative estimate of drug-likeness (QED) is 0.769. The first-order valence-corrected chi connectivity index (χ1v) is 8.60. The molecule has 0 amide bonds. The largest absolute Gasteiger partial charge is 0.370 e. The molecule has 0 spiro atoms. The Morgan fingerprint density at radius 1 is 1.14 bits per heavy atom. The van der Waals surface area contributed by atoms with E-state index in [1.807, 2.05) is 13.8 Å². The van der Waals surface area contributed by atoms with Crippen molar-refractivity contribution in [1.82, 2.24) is 4.98 Å². The van der Waals surface area contributed by atoms with Crippen LogP contribution in [-0.4, -0.2) is 18.1 Å². The van der Waals surface area contributed by atoms with Crippen molar-refractivity contribution in [2.45, 2.75) is 47.0 Å². The molecule has 1 aromatic carbocycles. The summed E-state index contributed by atoms with van der Waals surface area (Å²) < 4.78 is 0. The van der Waals surface area contributed by atoms with Crippen molar-refractivity contribution >= 4 is 5.69 Å². The van der Waals surface area contributed by atoms with Gasteiger partial charge in [0.1, 0.15) is 0 Å². The molecule has 0 radical (unpaired) electrons. The van der Waals surface area contributed by atoms with E-state index in [9.17, 15) is 0 Å². The lowest BCUT2D eigenvalue weighted by atomic mass is 9.97. The van der Waals surface area contributed by atoms with Gasteiger partial charge in [0.25, 0.3) is 0 Å². The Morgan fingerprint density at radius 2 is 1.86 bits per heavy atom. The number of anilines is 1. The Hall–Kier alpha value is -1.83. The molecule has 1 aromatic heterocycles. The number of benzene rings is 1. The number of rotatable bonds is 3. The van der Waals surface area contributed by atoms with E-state index in [2.05, 4.69) is 55.1 Å². The number of fused-ring (bicyclic) bond motifs is 1. The normalized spacial score (nSPS) is 13.2. The number of aryl methyl sites for hydroxylation is 2. The second-order valence-electron chi connectivity index (χ2n) is 5.56.